The quantitative estimate of drug-likeness (QED) is 0.492. The topological polar surface area (TPSA) is 67.9 Å². The van der Waals surface area contributed by atoms with Crippen LogP contribution in [0.4, 0.5) is 11.4 Å². The van der Waals surface area contributed by atoms with E-state index in [2.05, 4.69) is 5.32 Å². The highest BCUT2D eigenvalue weighted by Gasteiger charge is 2.42. The number of amides is 1. The predicted octanol–water partition coefficient (Wildman–Crippen LogP) is 3.84. The molecule has 1 fully saturated rings. The van der Waals surface area contributed by atoms with Crippen molar-refractivity contribution in [3.8, 4) is 11.5 Å². The summed E-state index contributed by atoms with van der Waals surface area (Å²) < 4.78 is 10.7. The van der Waals surface area contributed by atoms with E-state index in [0.717, 1.165) is 16.9 Å². The number of fused-ring (bicyclic) bond motifs is 3. The van der Waals surface area contributed by atoms with Crippen molar-refractivity contribution in [3.63, 3.8) is 0 Å². The molecule has 27 heavy (non-hydrogen) atoms. The van der Waals surface area contributed by atoms with E-state index in [1.165, 1.54) is 18.7 Å². The summed E-state index contributed by atoms with van der Waals surface area (Å²) >= 11 is 1.48. The number of hydrogen-bond acceptors (Lipinski definition) is 6. The van der Waals surface area contributed by atoms with Gasteiger partial charge in [-0.05, 0) is 42.8 Å². The lowest BCUT2D eigenvalue weighted by Crippen LogP contribution is -2.31. The standard InChI is InChI=1S/C20H18N2O4S/c1-3-25-17-10-13(8-9-16(17)26-12(2)23)11-18-19(24)22-15-7-5-4-6-14(15)21-20(22)27-18/h4-11,20-21H,3H2,1-2H3/b18-11+/t20-/m0/s1. The van der Waals surface area contributed by atoms with Gasteiger partial charge in [-0.15, -0.1) is 0 Å². The first-order valence-corrected chi connectivity index (χ1v) is 9.47. The van der Waals surface area contributed by atoms with Gasteiger partial charge in [0.2, 0.25) is 0 Å². The zero-order valence-electron chi connectivity index (χ0n) is 14.9. The Balaban J connectivity index is 1.62. The Morgan fingerprint density at radius 3 is 2.85 bits per heavy atom. The Morgan fingerprint density at radius 2 is 2.07 bits per heavy atom. The summed E-state index contributed by atoms with van der Waals surface area (Å²) in [5.41, 5.74) is 2.53. The first kappa shape index (κ1) is 17.5. The fourth-order valence-corrected chi connectivity index (χ4v) is 4.23. The summed E-state index contributed by atoms with van der Waals surface area (Å²) in [6.45, 7) is 3.65. The average molecular weight is 382 g/mol. The number of nitrogens with one attached hydrogen (secondary N) is 1. The molecule has 7 heteroatoms. The predicted molar refractivity (Wildman–Crippen MR) is 106 cm³/mol. The third-order valence-electron chi connectivity index (χ3n) is 4.16. The maximum absolute atomic E-state index is 12.9. The van der Waals surface area contributed by atoms with Crippen LogP contribution < -0.4 is 19.7 Å². The number of esters is 1. The Kier molecular flexibility index (Phi) is 4.53. The van der Waals surface area contributed by atoms with Gasteiger partial charge in [0.15, 0.2) is 17.0 Å². The first-order chi connectivity index (χ1) is 13.1. The number of rotatable bonds is 4. The number of benzene rings is 2. The molecule has 0 aromatic heterocycles. The van der Waals surface area contributed by atoms with Gasteiger partial charge >= 0.3 is 5.97 Å². The lowest BCUT2D eigenvalue weighted by molar-refractivity contribution is -0.132. The van der Waals surface area contributed by atoms with Crippen LogP contribution in [0.15, 0.2) is 47.4 Å². The number of nitrogens with zero attached hydrogens (tertiary/aromatic N) is 1. The van der Waals surface area contributed by atoms with Crippen molar-refractivity contribution in [2.75, 3.05) is 16.8 Å². The molecular formula is C20H18N2O4S. The van der Waals surface area contributed by atoms with Crippen LogP contribution in [0.1, 0.15) is 19.4 Å². The Hall–Kier alpha value is -2.93. The summed E-state index contributed by atoms with van der Waals surface area (Å²) in [5.74, 6) is 0.396. The molecule has 0 bridgehead atoms. The fourth-order valence-electron chi connectivity index (χ4n) is 3.09. The van der Waals surface area contributed by atoms with Crippen LogP contribution in [0.25, 0.3) is 6.08 Å². The van der Waals surface area contributed by atoms with E-state index in [9.17, 15) is 9.59 Å². The Morgan fingerprint density at radius 1 is 1.26 bits per heavy atom. The minimum absolute atomic E-state index is 0.0375. The van der Waals surface area contributed by atoms with Crippen molar-refractivity contribution >= 4 is 41.1 Å². The Bertz CT molecular complexity index is 957. The zero-order valence-corrected chi connectivity index (χ0v) is 15.7. The maximum Gasteiger partial charge on any atom is 0.308 e. The third-order valence-corrected chi connectivity index (χ3v) is 5.26. The SMILES string of the molecule is CCOc1cc(/C=C2/S[C@H]3Nc4ccccc4N3C2=O)ccc1OC(C)=O. The third kappa shape index (κ3) is 3.26. The summed E-state index contributed by atoms with van der Waals surface area (Å²) in [6, 6.07) is 13.0. The van der Waals surface area contributed by atoms with Crippen LogP contribution in [-0.4, -0.2) is 24.0 Å². The summed E-state index contributed by atoms with van der Waals surface area (Å²) in [4.78, 5) is 26.5. The van der Waals surface area contributed by atoms with Gasteiger partial charge in [-0.3, -0.25) is 14.5 Å². The smallest absolute Gasteiger partial charge is 0.308 e. The highest BCUT2D eigenvalue weighted by atomic mass is 32.2. The van der Waals surface area contributed by atoms with E-state index in [1.54, 1.807) is 23.1 Å². The molecule has 1 amide bonds. The van der Waals surface area contributed by atoms with Crippen LogP contribution in [0, 0.1) is 0 Å². The molecule has 2 aromatic carbocycles. The molecule has 4 rings (SSSR count). The van der Waals surface area contributed by atoms with E-state index in [0.29, 0.717) is 23.0 Å². The number of thioether (sulfide) groups is 1. The number of hydrogen-bond donors (Lipinski definition) is 1. The maximum atomic E-state index is 12.9. The minimum Gasteiger partial charge on any atom is -0.490 e. The van der Waals surface area contributed by atoms with Gasteiger partial charge in [0, 0.05) is 6.92 Å². The van der Waals surface area contributed by atoms with Gasteiger partial charge in [0.1, 0.15) is 0 Å². The first-order valence-electron chi connectivity index (χ1n) is 8.59. The number of para-hydroxylation sites is 2. The number of ether oxygens (including phenoxy) is 2. The van der Waals surface area contributed by atoms with Crippen LogP contribution in [0.5, 0.6) is 11.5 Å². The van der Waals surface area contributed by atoms with Crippen LogP contribution in [-0.2, 0) is 9.59 Å². The number of carbonyl (C=O) groups is 2. The van der Waals surface area contributed by atoms with E-state index in [-0.39, 0.29) is 11.4 Å². The molecule has 2 aliphatic heterocycles. The second-order valence-electron chi connectivity index (χ2n) is 6.05. The Labute approximate surface area is 161 Å². The van der Waals surface area contributed by atoms with Crippen molar-refractivity contribution in [3.05, 3.63) is 52.9 Å². The molecule has 0 aliphatic carbocycles. The van der Waals surface area contributed by atoms with E-state index < -0.39 is 5.97 Å². The molecule has 0 radical (unpaired) electrons. The van der Waals surface area contributed by atoms with Gasteiger partial charge in [-0.1, -0.05) is 30.0 Å². The van der Waals surface area contributed by atoms with Crippen LogP contribution in [0.2, 0.25) is 0 Å². The normalized spacial score (nSPS) is 18.9. The molecule has 1 atom stereocenters. The lowest BCUT2D eigenvalue weighted by Gasteiger charge is -2.12. The van der Waals surface area contributed by atoms with Crippen molar-refractivity contribution < 1.29 is 19.1 Å². The molecule has 138 valence electrons. The van der Waals surface area contributed by atoms with E-state index in [1.807, 2.05) is 37.3 Å². The second kappa shape index (κ2) is 7.00. The molecule has 2 aromatic rings. The summed E-state index contributed by atoms with van der Waals surface area (Å²) in [5, 5.41) is 3.35. The molecule has 0 spiro atoms. The lowest BCUT2D eigenvalue weighted by atomic mass is 10.1. The fraction of sp³-hybridized carbons (Fsp3) is 0.200. The zero-order chi connectivity index (χ0) is 19.0. The van der Waals surface area contributed by atoms with Gasteiger partial charge in [0.05, 0.1) is 22.9 Å². The van der Waals surface area contributed by atoms with Crippen molar-refractivity contribution in [2.45, 2.75) is 19.3 Å². The summed E-state index contributed by atoms with van der Waals surface area (Å²) in [6.07, 6.45) is 1.83. The molecular weight excluding hydrogens is 364 g/mol. The van der Waals surface area contributed by atoms with Gasteiger partial charge < -0.3 is 14.8 Å². The summed E-state index contributed by atoms with van der Waals surface area (Å²) in [7, 11) is 0. The van der Waals surface area contributed by atoms with Gasteiger partial charge in [-0.25, -0.2) is 0 Å². The van der Waals surface area contributed by atoms with Crippen LogP contribution in [0.3, 0.4) is 0 Å². The average Bonchev–Trinajstić information content (AvgIpc) is 3.14. The van der Waals surface area contributed by atoms with Crippen molar-refractivity contribution in [1.82, 2.24) is 0 Å². The molecule has 6 nitrogen and oxygen atoms in total. The molecule has 2 aliphatic rings. The molecule has 0 unspecified atom stereocenters. The molecule has 1 saturated heterocycles. The number of carbonyl (C=O) groups excluding carboxylic acids is 2. The van der Waals surface area contributed by atoms with Crippen LogP contribution >= 0.6 is 11.8 Å². The van der Waals surface area contributed by atoms with Gasteiger partial charge in [0.25, 0.3) is 5.91 Å². The highest BCUT2D eigenvalue weighted by Crippen LogP contribution is 2.47. The molecule has 0 saturated carbocycles. The highest BCUT2D eigenvalue weighted by molar-refractivity contribution is 8.05. The second-order valence-corrected chi connectivity index (χ2v) is 7.17. The van der Waals surface area contributed by atoms with Crippen molar-refractivity contribution in [2.24, 2.45) is 0 Å². The monoisotopic (exact) mass is 382 g/mol. The van der Waals surface area contributed by atoms with E-state index in [4.69, 9.17) is 9.47 Å². The van der Waals surface area contributed by atoms with Crippen molar-refractivity contribution in [1.29, 1.82) is 0 Å². The van der Waals surface area contributed by atoms with Gasteiger partial charge in [-0.2, -0.15) is 0 Å². The largest absolute Gasteiger partial charge is 0.490 e. The number of anilines is 2. The van der Waals surface area contributed by atoms with E-state index >= 15 is 0 Å². The minimum atomic E-state index is -0.408. The molecule has 1 N–H and O–H groups in total. The molecule has 2 heterocycles.